The van der Waals surface area contributed by atoms with E-state index in [1.165, 1.54) is 11.8 Å². The average molecular weight is 568 g/mol. The molecule has 7 nitrogen and oxygen atoms in total. The second-order valence-corrected chi connectivity index (χ2v) is 10.1. The molecular weight excluding hydrogens is 542 g/mol. The molecule has 36 heavy (non-hydrogen) atoms. The quantitative estimate of drug-likeness (QED) is 0.379. The van der Waals surface area contributed by atoms with Gasteiger partial charge in [0.1, 0.15) is 16.7 Å². The van der Waals surface area contributed by atoms with Gasteiger partial charge < -0.3 is 14.8 Å². The number of amides is 2. The van der Waals surface area contributed by atoms with Crippen molar-refractivity contribution in [2.45, 2.75) is 18.1 Å². The van der Waals surface area contributed by atoms with E-state index < -0.39 is 5.25 Å². The molecule has 0 spiro atoms. The summed E-state index contributed by atoms with van der Waals surface area (Å²) in [6, 6.07) is 22.4. The molecule has 1 aliphatic rings. The molecule has 1 atom stereocenters. The van der Waals surface area contributed by atoms with Crippen LogP contribution in [0.1, 0.15) is 12.0 Å². The van der Waals surface area contributed by atoms with Crippen LogP contribution in [0.3, 0.4) is 0 Å². The number of nitrogens with one attached hydrogen (secondary N) is 1. The van der Waals surface area contributed by atoms with Gasteiger partial charge in [0, 0.05) is 23.1 Å². The second kappa shape index (κ2) is 12.1. The minimum Gasteiger partial charge on any atom is -0.497 e. The van der Waals surface area contributed by atoms with Crippen molar-refractivity contribution < 1.29 is 19.1 Å². The summed E-state index contributed by atoms with van der Waals surface area (Å²) in [6.45, 7) is 0.452. The van der Waals surface area contributed by atoms with E-state index in [2.05, 4.69) is 21.2 Å². The lowest BCUT2D eigenvalue weighted by atomic mass is 10.1. The van der Waals surface area contributed by atoms with Gasteiger partial charge in [-0.25, -0.2) is 4.99 Å². The van der Waals surface area contributed by atoms with E-state index >= 15 is 0 Å². The minimum atomic E-state index is -0.592. The lowest BCUT2D eigenvalue weighted by Gasteiger charge is -2.32. The molecule has 1 fully saturated rings. The monoisotopic (exact) mass is 567 g/mol. The number of benzene rings is 3. The zero-order valence-electron chi connectivity index (χ0n) is 19.9. The van der Waals surface area contributed by atoms with Gasteiger partial charge in [-0.1, -0.05) is 45.9 Å². The highest BCUT2D eigenvalue weighted by Crippen LogP contribution is 2.31. The maximum Gasteiger partial charge on any atom is 0.238 e. The van der Waals surface area contributed by atoms with Crippen LogP contribution in [0.15, 0.2) is 82.3 Å². The predicted molar refractivity (Wildman–Crippen MR) is 147 cm³/mol. The third-order valence-electron chi connectivity index (χ3n) is 5.60. The number of halogens is 1. The van der Waals surface area contributed by atoms with Gasteiger partial charge in [-0.05, 0) is 66.6 Å². The van der Waals surface area contributed by atoms with Crippen LogP contribution in [0, 0.1) is 0 Å². The van der Waals surface area contributed by atoms with Crippen molar-refractivity contribution in [3.8, 4) is 11.5 Å². The Hall–Kier alpha value is -3.30. The van der Waals surface area contributed by atoms with Crippen molar-refractivity contribution in [3.63, 3.8) is 0 Å². The summed E-state index contributed by atoms with van der Waals surface area (Å²) >= 11 is 4.72. The normalized spacial score (nSPS) is 16.6. The molecule has 0 radical (unpaired) electrons. The van der Waals surface area contributed by atoms with E-state index in [9.17, 15) is 9.59 Å². The summed E-state index contributed by atoms with van der Waals surface area (Å²) in [5, 5.41) is 2.82. The molecule has 0 aromatic heterocycles. The number of aliphatic imine (C=N–C) groups is 1. The van der Waals surface area contributed by atoms with Gasteiger partial charge >= 0.3 is 0 Å². The highest BCUT2D eigenvalue weighted by atomic mass is 79.9. The van der Waals surface area contributed by atoms with E-state index in [-0.39, 0.29) is 18.2 Å². The number of anilines is 1. The highest BCUT2D eigenvalue weighted by Gasteiger charge is 2.35. The smallest absolute Gasteiger partial charge is 0.238 e. The van der Waals surface area contributed by atoms with Crippen LogP contribution in [0.25, 0.3) is 0 Å². The molecule has 0 saturated carbocycles. The third kappa shape index (κ3) is 6.67. The predicted octanol–water partition coefficient (Wildman–Crippen LogP) is 5.67. The summed E-state index contributed by atoms with van der Waals surface area (Å²) in [7, 11) is 3.23. The molecule has 1 heterocycles. The number of hydrogen-bond donors (Lipinski definition) is 1. The summed E-state index contributed by atoms with van der Waals surface area (Å²) < 4.78 is 11.3. The number of rotatable bonds is 8. The van der Waals surface area contributed by atoms with Crippen LogP contribution in [-0.4, -0.2) is 47.9 Å². The number of methoxy groups -OCH3 is 2. The Morgan fingerprint density at radius 3 is 2.36 bits per heavy atom. The Balaban J connectivity index is 1.54. The molecule has 1 unspecified atom stereocenters. The fourth-order valence-corrected chi connectivity index (χ4v) is 5.17. The second-order valence-electron chi connectivity index (χ2n) is 8.05. The molecule has 3 aromatic rings. The van der Waals surface area contributed by atoms with Crippen molar-refractivity contribution in [1.82, 2.24) is 4.90 Å². The Bertz CT molecular complexity index is 1250. The molecule has 186 valence electrons. The largest absolute Gasteiger partial charge is 0.497 e. The summed E-state index contributed by atoms with van der Waals surface area (Å²) in [5.41, 5.74) is 2.42. The van der Waals surface area contributed by atoms with Gasteiger partial charge in [-0.3, -0.25) is 14.5 Å². The SMILES string of the molecule is COc1ccc(CCN2C(=O)CC(C(=O)Nc3cccc(Br)c3)SC2=Nc2ccc(OC)cc2)cc1. The molecular formula is C27H26BrN3O4S. The molecule has 2 amide bonds. The van der Waals surface area contributed by atoms with E-state index in [1.807, 2.05) is 72.8 Å². The fraction of sp³-hybridized carbons (Fsp3) is 0.222. The fourth-order valence-electron chi connectivity index (χ4n) is 3.65. The topological polar surface area (TPSA) is 80.2 Å². The first kappa shape index (κ1) is 25.8. The Morgan fingerprint density at radius 2 is 1.72 bits per heavy atom. The third-order valence-corrected chi connectivity index (χ3v) is 7.29. The highest BCUT2D eigenvalue weighted by molar-refractivity contribution is 9.10. The average Bonchev–Trinajstić information content (AvgIpc) is 2.89. The lowest BCUT2D eigenvalue weighted by molar-refractivity contribution is -0.129. The van der Waals surface area contributed by atoms with E-state index in [4.69, 9.17) is 14.5 Å². The number of carbonyl (C=O) groups excluding carboxylic acids is 2. The number of hydrogen-bond acceptors (Lipinski definition) is 6. The van der Waals surface area contributed by atoms with Crippen molar-refractivity contribution in [1.29, 1.82) is 0 Å². The minimum absolute atomic E-state index is 0.0920. The maximum atomic E-state index is 13.2. The zero-order valence-corrected chi connectivity index (χ0v) is 22.3. The van der Waals surface area contributed by atoms with Crippen molar-refractivity contribution in [2.24, 2.45) is 4.99 Å². The number of amidine groups is 1. The van der Waals surface area contributed by atoms with Crippen LogP contribution >= 0.6 is 27.7 Å². The van der Waals surface area contributed by atoms with Gasteiger partial charge in [0.2, 0.25) is 11.8 Å². The molecule has 4 rings (SSSR count). The summed E-state index contributed by atoms with van der Waals surface area (Å²) in [5.74, 6) is 1.13. The van der Waals surface area contributed by atoms with Crippen LogP contribution in [0.5, 0.6) is 11.5 Å². The number of thioether (sulfide) groups is 1. The number of ether oxygens (including phenoxy) is 2. The van der Waals surface area contributed by atoms with Gasteiger partial charge in [-0.2, -0.15) is 0 Å². The Morgan fingerprint density at radius 1 is 1.06 bits per heavy atom. The maximum absolute atomic E-state index is 13.2. The van der Waals surface area contributed by atoms with Crippen LogP contribution in [0.2, 0.25) is 0 Å². The van der Waals surface area contributed by atoms with Gasteiger partial charge in [0.25, 0.3) is 0 Å². The summed E-state index contributed by atoms with van der Waals surface area (Å²) in [6.07, 6.45) is 0.738. The number of nitrogens with zero attached hydrogens (tertiary/aromatic N) is 2. The Kier molecular flexibility index (Phi) is 8.66. The van der Waals surface area contributed by atoms with Crippen LogP contribution in [-0.2, 0) is 16.0 Å². The molecule has 1 N–H and O–H groups in total. The standard InChI is InChI=1S/C27H26BrN3O4S/c1-34-22-10-6-18(7-11-22)14-15-31-25(32)17-24(26(33)29-21-5-3-4-19(28)16-21)36-27(31)30-20-8-12-23(35-2)13-9-20/h3-13,16,24H,14-15,17H2,1-2H3,(H,29,33). The van der Waals surface area contributed by atoms with E-state index in [1.54, 1.807) is 19.1 Å². The van der Waals surface area contributed by atoms with Crippen molar-refractivity contribution in [2.75, 3.05) is 26.1 Å². The first-order valence-corrected chi connectivity index (χ1v) is 13.0. The van der Waals surface area contributed by atoms with E-state index in [0.717, 1.165) is 15.8 Å². The van der Waals surface area contributed by atoms with Crippen molar-refractivity contribution in [3.05, 3.63) is 82.8 Å². The van der Waals surface area contributed by atoms with Gasteiger partial charge in [-0.15, -0.1) is 0 Å². The van der Waals surface area contributed by atoms with Crippen LogP contribution < -0.4 is 14.8 Å². The number of carbonyl (C=O) groups is 2. The molecule has 1 aliphatic heterocycles. The zero-order chi connectivity index (χ0) is 25.5. The van der Waals surface area contributed by atoms with E-state index in [0.29, 0.717) is 35.3 Å². The van der Waals surface area contributed by atoms with Gasteiger partial charge in [0.05, 0.1) is 19.9 Å². The van der Waals surface area contributed by atoms with Gasteiger partial charge in [0.15, 0.2) is 5.17 Å². The molecule has 0 bridgehead atoms. The summed E-state index contributed by atoms with van der Waals surface area (Å²) in [4.78, 5) is 32.7. The molecule has 0 aliphatic carbocycles. The molecule has 9 heteroatoms. The lowest BCUT2D eigenvalue weighted by Crippen LogP contribution is -2.46. The first-order valence-electron chi connectivity index (χ1n) is 11.3. The van der Waals surface area contributed by atoms with Crippen molar-refractivity contribution >= 4 is 56.0 Å². The molecule has 3 aromatic carbocycles. The molecule has 1 saturated heterocycles. The Labute approximate surface area is 223 Å². The van der Waals surface area contributed by atoms with Crippen LogP contribution in [0.4, 0.5) is 11.4 Å². The first-order chi connectivity index (χ1) is 17.4.